The van der Waals surface area contributed by atoms with Gasteiger partial charge in [0.1, 0.15) is 5.82 Å². The fraction of sp³-hybridized carbons (Fsp3) is 0.364. The number of hydrogen-bond donors (Lipinski definition) is 1. The number of aliphatic hydroxyl groups excluding tert-OH is 1. The van der Waals surface area contributed by atoms with Crippen molar-refractivity contribution in [3.05, 3.63) is 34.1 Å². The molecule has 0 unspecified atom stereocenters. The Kier molecular flexibility index (Phi) is 3.25. The van der Waals surface area contributed by atoms with E-state index < -0.39 is 11.9 Å². The van der Waals surface area contributed by atoms with Crippen LogP contribution in [0.2, 0.25) is 0 Å². The first-order chi connectivity index (χ1) is 7.59. The van der Waals surface area contributed by atoms with E-state index in [1.165, 1.54) is 17.0 Å². The minimum atomic E-state index is -0.541. The monoisotopic (exact) mass is 287 g/mol. The van der Waals surface area contributed by atoms with Gasteiger partial charge in [-0.2, -0.15) is 0 Å². The van der Waals surface area contributed by atoms with Crippen LogP contribution < -0.4 is 0 Å². The third-order valence-electron chi connectivity index (χ3n) is 2.63. The molecule has 0 aliphatic carbocycles. The van der Waals surface area contributed by atoms with Crippen molar-refractivity contribution < 1.29 is 14.3 Å². The molecule has 1 aliphatic heterocycles. The molecule has 0 radical (unpaired) electrons. The average molecular weight is 288 g/mol. The van der Waals surface area contributed by atoms with Gasteiger partial charge >= 0.3 is 0 Å². The van der Waals surface area contributed by atoms with Crippen LogP contribution in [0.3, 0.4) is 0 Å². The number of hydrogen-bond acceptors (Lipinski definition) is 2. The molecule has 1 heterocycles. The van der Waals surface area contributed by atoms with Crippen molar-refractivity contribution in [2.75, 3.05) is 13.1 Å². The summed E-state index contributed by atoms with van der Waals surface area (Å²) in [6.45, 7) is 0.750. The second kappa shape index (κ2) is 4.51. The Labute approximate surface area is 101 Å². The smallest absolute Gasteiger partial charge is 0.258 e. The summed E-state index contributed by atoms with van der Waals surface area (Å²) in [5.74, 6) is -0.915. The maximum absolute atomic E-state index is 13.5. The van der Waals surface area contributed by atoms with Crippen LogP contribution >= 0.6 is 15.9 Å². The van der Waals surface area contributed by atoms with Crippen molar-refractivity contribution in [1.82, 2.24) is 4.90 Å². The number of nitrogens with zero attached hydrogens (tertiary/aromatic N) is 1. The van der Waals surface area contributed by atoms with Gasteiger partial charge in [0.15, 0.2) is 0 Å². The van der Waals surface area contributed by atoms with Crippen LogP contribution in [-0.2, 0) is 0 Å². The lowest BCUT2D eigenvalue weighted by atomic mass is 10.2. The second-order valence-electron chi connectivity index (χ2n) is 3.79. The van der Waals surface area contributed by atoms with E-state index in [-0.39, 0.29) is 18.0 Å². The number of β-amino-alcohol motifs (C(OH)–C–C–N with tert-alkyl or cyclic N) is 1. The average Bonchev–Trinajstić information content (AvgIpc) is 2.64. The fourth-order valence-corrected chi connectivity index (χ4v) is 2.30. The Morgan fingerprint density at radius 3 is 2.88 bits per heavy atom. The molecule has 0 saturated carbocycles. The predicted octanol–water partition coefficient (Wildman–Crippen LogP) is 1.79. The van der Waals surface area contributed by atoms with Crippen LogP contribution in [0.15, 0.2) is 22.7 Å². The molecule has 1 atom stereocenters. The van der Waals surface area contributed by atoms with Gasteiger partial charge in [0, 0.05) is 17.6 Å². The molecule has 2 rings (SSSR count). The third kappa shape index (κ3) is 2.10. The van der Waals surface area contributed by atoms with Crippen molar-refractivity contribution in [1.29, 1.82) is 0 Å². The second-order valence-corrected chi connectivity index (χ2v) is 4.64. The summed E-state index contributed by atoms with van der Waals surface area (Å²) in [5, 5.41) is 9.33. The zero-order chi connectivity index (χ0) is 11.7. The molecule has 1 aromatic rings. The minimum absolute atomic E-state index is 0.0385. The summed E-state index contributed by atoms with van der Waals surface area (Å²) in [7, 11) is 0. The number of carbonyl (C=O) groups is 1. The van der Waals surface area contributed by atoms with Gasteiger partial charge < -0.3 is 10.0 Å². The maximum Gasteiger partial charge on any atom is 0.258 e. The van der Waals surface area contributed by atoms with Gasteiger partial charge in [-0.1, -0.05) is 6.07 Å². The topological polar surface area (TPSA) is 40.5 Å². The number of amides is 1. The Bertz CT molecular complexity index is 404. The Balaban J connectivity index is 2.27. The Hall–Kier alpha value is -0.940. The van der Waals surface area contributed by atoms with Crippen molar-refractivity contribution in [2.45, 2.75) is 12.5 Å². The highest BCUT2D eigenvalue weighted by molar-refractivity contribution is 9.10. The van der Waals surface area contributed by atoms with Crippen LogP contribution in [0.5, 0.6) is 0 Å². The fourth-order valence-electron chi connectivity index (χ4n) is 1.79. The van der Waals surface area contributed by atoms with Gasteiger partial charge in [0.2, 0.25) is 0 Å². The van der Waals surface area contributed by atoms with Crippen LogP contribution in [0.4, 0.5) is 4.39 Å². The van der Waals surface area contributed by atoms with Gasteiger partial charge in [-0.15, -0.1) is 0 Å². The number of rotatable bonds is 1. The molecule has 1 fully saturated rings. The first kappa shape index (κ1) is 11.5. The summed E-state index contributed by atoms with van der Waals surface area (Å²) >= 11 is 3.16. The van der Waals surface area contributed by atoms with Crippen molar-refractivity contribution in [3.63, 3.8) is 0 Å². The molecule has 0 bridgehead atoms. The summed E-state index contributed by atoms with van der Waals surface area (Å²) in [6.07, 6.45) is 0.0622. The van der Waals surface area contributed by atoms with E-state index in [2.05, 4.69) is 15.9 Å². The predicted molar refractivity (Wildman–Crippen MR) is 60.6 cm³/mol. The zero-order valence-electron chi connectivity index (χ0n) is 8.49. The van der Waals surface area contributed by atoms with E-state index in [0.717, 1.165) is 0 Å². The number of halogens is 2. The minimum Gasteiger partial charge on any atom is -0.391 e. The van der Waals surface area contributed by atoms with Gasteiger partial charge in [-0.25, -0.2) is 4.39 Å². The molecular formula is C11H11BrFNO2. The van der Waals surface area contributed by atoms with Gasteiger partial charge in [-0.05, 0) is 34.5 Å². The van der Waals surface area contributed by atoms with E-state index in [0.29, 0.717) is 17.4 Å². The maximum atomic E-state index is 13.5. The van der Waals surface area contributed by atoms with Crippen LogP contribution in [-0.4, -0.2) is 35.1 Å². The Morgan fingerprint density at radius 2 is 2.31 bits per heavy atom. The lowest BCUT2D eigenvalue weighted by Crippen LogP contribution is -2.30. The largest absolute Gasteiger partial charge is 0.391 e. The zero-order valence-corrected chi connectivity index (χ0v) is 10.1. The normalized spacial score (nSPS) is 20.2. The highest BCUT2D eigenvalue weighted by Crippen LogP contribution is 2.23. The molecule has 1 N–H and O–H groups in total. The first-order valence-corrected chi connectivity index (χ1v) is 5.80. The summed E-state index contributed by atoms with van der Waals surface area (Å²) < 4.78 is 14.0. The van der Waals surface area contributed by atoms with E-state index in [4.69, 9.17) is 0 Å². The lowest BCUT2D eigenvalue weighted by Gasteiger charge is -2.16. The molecule has 1 amide bonds. The summed E-state index contributed by atoms with van der Waals surface area (Å²) in [5.41, 5.74) is 0.0385. The van der Waals surface area contributed by atoms with Crippen LogP contribution in [0, 0.1) is 5.82 Å². The third-order valence-corrected chi connectivity index (χ3v) is 3.29. The molecule has 0 spiro atoms. The van der Waals surface area contributed by atoms with E-state index in [9.17, 15) is 14.3 Å². The van der Waals surface area contributed by atoms with E-state index in [1.54, 1.807) is 6.07 Å². The summed E-state index contributed by atoms with van der Waals surface area (Å²) in [4.78, 5) is 13.4. The number of likely N-dealkylation sites (tertiary alicyclic amines) is 1. The summed E-state index contributed by atoms with van der Waals surface area (Å²) in [6, 6.07) is 4.42. The highest BCUT2D eigenvalue weighted by Gasteiger charge is 2.28. The SMILES string of the molecule is O=C(c1c(F)cccc1Br)N1CC[C@@H](O)C1. The molecule has 1 saturated heterocycles. The quantitative estimate of drug-likeness (QED) is 0.856. The van der Waals surface area contributed by atoms with Gasteiger partial charge in [0.25, 0.3) is 5.91 Å². The molecule has 1 aliphatic rings. The van der Waals surface area contributed by atoms with Crippen LogP contribution in [0.1, 0.15) is 16.8 Å². The molecular weight excluding hydrogens is 277 g/mol. The Morgan fingerprint density at radius 1 is 1.56 bits per heavy atom. The molecule has 0 aromatic heterocycles. The van der Waals surface area contributed by atoms with Crippen molar-refractivity contribution in [2.24, 2.45) is 0 Å². The lowest BCUT2D eigenvalue weighted by molar-refractivity contribution is 0.0759. The van der Waals surface area contributed by atoms with Gasteiger partial charge in [0.05, 0.1) is 11.7 Å². The molecule has 1 aromatic carbocycles. The number of aliphatic hydroxyl groups is 1. The van der Waals surface area contributed by atoms with E-state index in [1.807, 2.05) is 0 Å². The molecule has 16 heavy (non-hydrogen) atoms. The molecule has 86 valence electrons. The van der Waals surface area contributed by atoms with Crippen molar-refractivity contribution in [3.8, 4) is 0 Å². The van der Waals surface area contributed by atoms with Gasteiger partial charge in [-0.3, -0.25) is 4.79 Å². The van der Waals surface area contributed by atoms with E-state index >= 15 is 0 Å². The standard InChI is InChI=1S/C11H11BrFNO2/c12-8-2-1-3-9(13)10(8)11(16)14-5-4-7(15)6-14/h1-3,7,15H,4-6H2/t7-/m1/s1. The number of benzene rings is 1. The molecule has 5 heteroatoms. The van der Waals surface area contributed by atoms with Crippen LogP contribution in [0.25, 0.3) is 0 Å². The highest BCUT2D eigenvalue weighted by atomic mass is 79.9. The first-order valence-electron chi connectivity index (χ1n) is 5.01. The number of carbonyl (C=O) groups excluding carboxylic acids is 1. The van der Waals surface area contributed by atoms with Crippen molar-refractivity contribution >= 4 is 21.8 Å². The molecule has 3 nitrogen and oxygen atoms in total.